The van der Waals surface area contributed by atoms with Crippen LogP contribution in [0.15, 0.2) is 33.8 Å². The topological polar surface area (TPSA) is 66.1 Å². The Morgan fingerprint density at radius 3 is 2.36 bits per heavy atom. The SMILES string of the molecule is O=C1[C@@H]2[C@H](C(=O)N1/N=C\c1ccc(N3CCCCC3)o1)[C@@H]1C=C[C@H]2C1. The maximum absolute atomic E-state index is 12.6. The fourth-order valence-corrected chi connectivity index (χ4v) is 4.81. The van der Waals surface area contributed by atoms with Gasteiger partial charge in [-0.15, -0.1) is 0 Å². The summed E-state index contributed by atoms with van der Waals surface area (Å²) in [6.07, 6.45) is 10.2. The van der Waals surface area contributed by atoms with Crippen LogP contribution in [-0.4, -0.2) is 36.1 Å². The molecule has 1 aromatic heterocycles. The lowest BCUT2D eigenvalue weighted by Crippen LogP contribution is -2.28. The minimum Gasteiger partial charge on any atom is -0.440 e. The summed E-state index contributed by atoms with van der Waals surface area (Å²) >= 11 is 0. The molecule has 0 radical (unpaired) electrons. The van der Waals surface area contributed by atoms with Crippen molar-refractivity contribution in [3.05, 3.63) is 30.0 Å². The van der Waals surface area contributed by atoms with Crippen molar-refractivity contribution in [2.75, 3.05) is 18.0 Å². The number of amides is 2. The molecule has 4 atom stereocenters. The van der Waals surface area contributed by atoms with Crippen LogP contribution in [0.3, 0.4) is 0 Å². The van der Waals surface area contributed by atoms with Crippen molar-refractivity contribution >= 4 is 23.9 Å². The lowest BCUT2D eigenvalue weighted by molar-refractivity contribution is -0.140. The number of allylic oxidation sites excluding steroid dienone is 2. The molecule has 2 aliphatic carbocycles. The van der Waals surface area contributed by atoms with Gasteiger partial charge in [-0.2, -0.15) is 10.1 Å². The summed E-state index contributed by atoms with van der Waals surface area (Å²) in [6, 6.07) is 3.77. The fraction of sp³-hybridized carbons (Fsp3) is 0.526. The van der Waals surface area contributed by atoms with Crippen LogP contribution in [0.25, 0.3) is 0 Å². The zero-order chi connectivity index (χ0) is 17.0. The highest BCUT2D eigenvalue weighted by Crippen LogP contribution is 2.52. The van der Waals surface area contributed by atoms with Gasteiger partial charge in [0.25, 0.3) is 11.8 Å². The minimum absolute atomic E-state index is 0.161. The summed E-state index contributed by atoms with van der Waals surface area (Å²) in [5.41, 5.74) is 0. The van der Waals surface area contributed by atoms with Gasteiger partial charge in [-0.25, -0.2) is 0 Å². The zero-order valence-electron chi connectivity index (χ0n) is 14.0. The van der Waals surface area contributed by atoms with Crippen LogP contribution in [0.5, 0.6) is 0 Å². The van der Waals surface area contributed by atoms with Crippen LogP contribution in [-0.2, 0) is 9.59 Å². The molecule has 6 nitrogen and oxygen atoms in total. The Labute approximate surface area is 146 Å². The van der Waals surface area contributed by atoms with Crippen LogP contribution in [0.4, 0.5) is 5.88 Å². The molecule has 6 heteroatoms. The molecule has 2 amide bonds. The number of piperidine rings is 1. The van der Waals surface area contributed by atoms with Crippen LogP contribution in [0.2, 0.25) is 0 Å². The molecule has 130 valence electrons. The molecule has 0 spiro atoms. The van der Waals surface area contributed by atoms with Crippen molar-refractivity contribution in [2.24, 2.45) is 28.8 Å². The number of hydrogen-bond donors (Lipinski definition) is 0. The predicted molar refractivity (Wildman–Crippen MR) is 91.9 cm³/mol. The lowest BCUT2D eigenvalue weighted by atomic mass is 9.85. The number of hydrazone groups is 1. The van der Waals surface area contributed by atoms with Gasteiger partial charge in [0.15, 0.2) is 5.88 Å². The molecule has 3 heterocycles. The van der Waals surface area contributed by atoms with E-state index in [9.17, 15) is 9.59 Å². The molecule has 4 aliphatic rings. The van der Waals surface area contributed by atoms with E-state index in [2.05, 4.69) is 22.2 Å². The van der Waals surface area contributed by atoms with Gasteiger partial charge >= 0.3 is 0 Å². The van der Waals surface area contributed by atoms with Crippen molar-refractivity contribution in [1.29, 1.82) is 0 Å². The third-order valence-electron chi connectivity index (χ3n) is 6.03. The summed E-state index contributed by atoms with van der Waals surface area (Å²) in [5, 5.41) is 5.22. The molecule has 1 saturated carbocycles. The third kappa shape index (κ3) is 2.27. The zero-order valence-corrected chi connectivity index (χ0v) is 14.0. The molecule has 1 aromatic rings. The average molecular weight is 339 g/mol. The summed E-state index contributed by atoms with van der Waals surface area (Å²) in [6.45, 7) is 2.01. The van der Waals surface area contributed by atoms with E-state index in [1.807, 2.05) is 12.1 Å². The number of fused-ring (bicyclic) bond motifs is 5. The maximum Gasteiger partial charge on any atom is 0.254 e. The highest BCUT2D eigenvalue weighted by Gasteiger charge is 2.59. The molecule has 25 heavy (non-hydrogen) atoms. The van der Waals surface area contributed by atoms with Gasteiger partial charge in [0.05, 0.1) is 18.1 Å². The second kappa shape index (κ2) is 5.58. The quantitative estimate of drug-likeness (QED) is 0.482. The Morgan fingerprint density at radius 1 is 1.00 bits per heavy atom. The number of anilines is 1. The van der Waals surface area contributed by atoms with Gasteiger partial charge in [-0.3, -0.25) is 9.59 Å². The number of carbonyl (C=O) groups is 2. The van der Waals surface area contributed by atoms with E-state index in [0.717, 1.165) is 30.4 Å². The Bertz CT molecular complexity index is 745. The van der Waals surface area contributed by atoms with Gasteiger partial charge in [-0.1, -0.05) is 12.2 Å². The summed E-state index contributed by atoms with van der Waals surface area (Å²) in [7, 11) is 0. The van der Waals surface area contributed by atoms with Crippen molar-refractivity contribution in [3.63, 3.8) is 0 Å². The van der Waals surface area contributed by atoms with Gasteiger partial charge < -0.3 is 9.32 Å². The highest BCUT2D eigenvalue weighted by atomic mass is 16.4. The Kier molecular flexibility index (Phi) is 3.33. The van der Waals surface area contributed by atoms with Gasteiger partial charge in [-0.05, 0) is 43.6 Å². The first kappa shape index (κ1) is 14.9. The summed E-state index contributed by atoms with van der Waals surface area (Å²) in [5.74, 6) is 1.08. The number of carbonyl (C=O) groups excluding carboxylic acids is 2. The lowest BCUT2D eigenvalue weighted by Gasteiger charge is -2.25. The van der Waals surface area contributed by atoms with E-state index in [-0.39, 0.29) is 35.5 Å². The number of nitrogens with zero attached hydrogens (tertiary/aromatic N) is 3. The Balaban J connectivity index is 1.32. The first-order valence-electron chi connectivity index (χ1n) is 9.17. The number of hydrogen-bond acceptors (Lipinski definition) is 5. The number of imide groups is 1. The van der Waals surface area contributed by atoms with E-state index in [0.29, 0.717) is 5.76 Å². The van der Waals surface area contributed by atoms with E-state index in [1.54, 1.807) is 0 Å². The molecule has 2 saturated heterocycles. The Hall–Kier alpha value is -2.37. The highest BCUT2D eigenvalue weighted by molar-refractivity contribution is 6.06. The first-order chi connectivity index (χ1) is 12.2. The Morgan fingerprint density at radius 2 is 1.68 bits per heavy atom. The van der Waals surface area contributed by atoms with Crippen LogP contribution in [0, 0.1) is 23.7 Å². The smallest absolute Gasteiger partial charge is 0.254 e. The minimum atomic E-state index is -0.208. The largest absolute Gasteiger partial charge is 0.440 e. The van der Waals surface area contributed by atoms with Crippen LogP contribution in [0.1, 0.15) is 31.4 Å². The molecule has 0 N–H and O–H groups in total. The molecule has 2 aliphatic heterocycles. The van der Waals surface area contributed by atoms with Gasteiger partial charge in [0.1, 0.15) is 5.76 Å². The third-order valence-corrected chi connectivity index (χ3v) is 6.03. The standard InChI is InChI=1S/C19H21N3O3/c23-18-16-12-4-5-13(10-12)17(16)19(24)22(18)20-11-14-6-7-15(25-14)21-8-2-1-3-9-21/h4-7,11-13,16-17H,1-3,8-10H2/b20-11-/t12-,13+,16-,17+. The monoisotopic (exact) mass is 339 g/mol. The molecular formula is C19H21N3O3. The molecule has 0 unspecified atom stereocenters. The van der Waals surface area contributed by atoms with E-state index < -0.39 is 0 Å². The molecule has 5 rings (SSSR count). The molecule has 2 bridgehead atoms. The summed E-state index contributed by atoms with van der Waals surface area (Å²) < 4.78 is 5.82. The van der Waals surface area contributed by atoms with Crippen LogP contribution < -0.4 is 4.90 Å². The summed E-state index contributed by atoms with van der Waals surface area (Å²) in [4.78, 5) is 27.4. The fourth-order valence-electron chi connectivity index (χ4n) is 4.81. The van der Waals surface area contributed by atoms with E-state index in [4.69, 9.17) is 4.42 Å². The second-order valence-corrected chi connectivity index (χ2v) is 7.46. The van der Waals surface area contributed by atoms with Gasteiger partial charge in [0.2, 0.25) is 0 Å². The van der Waals surface area contributed by atoms with E-state index >= 15 is 0 Å². The van der Waals surface area contributed by atoms with Crippen molar-refractivity contribution < 1.29 is 14.0 Å². The maximum atomic E-state index is 12.6. The van der Waals surface area contributed by atoms with Crippen molar-refractivity contribution in [1.82, 2.24) is 5.01 Å². The average Bonchev–Trinajstić information content (AvgIpc) is 3.40. The predicted octanol–water partition coefficient (Wildman–Crippen LogP) is 2.41. The number of furan rings is 1. The normalized spacial score (nSPS) is 33.9. The van der Waals surface area contributed by atoms with Crippen molar-refractivity contribution in [2.45, 2.75) is 25.7 Å². The molecule has 0 aromatic carbocycles. The van der Waals surface area contributed by atoms with E-state index in [1.165, 1.54) is 25.5 Å². The van der Waals surface area contributed by atoms with Crippen molar-refractivity contribution in [3.8, 4) is 0 Å². The number of rotatable bonds is 3. The molecule has 3 fully saturated rings. The molecular weight excluding hydrogens is 318 g/mol. The second-order valence-electron chi connectivity index (χ2n) is 7.46. The first-order valence-corrected chi connectivity index (χ1v) is 9.17. The van der Waals surface area contributed by atoms with Crippen LogP contribution >= 0.6 is 0 Å². The van der Waals surface area contributed by atoms with Gasteiger partial charge in [0, 0.05) is 19.2 Å².